The molecule has 38 heavy (non-hydrogen) atoms. The van der Waals surface area contributed by atoms with Crippen molar-refractivity contribution in [2.75, 3.05) is 6.61 Å². The van der Waals surface area contributed by atoms with E-state index in [0.29, 0.717) is 0 Å². The van der Waals surface area contributed by atoms with E-state index < -0.39 is 72.5 Å². The molecule has 0 aliphatic carbocycles. The normalized spacial score (nSPS) is 25.4. The van der Waals surface area contributed by atoms with E-state index in [4.69, 9.17) is 36.8 Å². The first-order valence-electron chi connectivity index (χ1n) is 11.3. The minimum absolute atomic E-state index is 0.123. The van der Waals surface area contributed by atoms with Gasteiger partial charge < -0.3 is 28.7 Å². The average Bonchev–Trinajstić information content (AvgIpc) is 3.09. The number of rotatable bonds is 10. The van der Waals surface area contributed by atoms with E-state index >= 15 is 0 Å². The maximum Gasteiger partial charge on any atom is 0.330 e. The molecule has 206 valence electrons. The number of terminal acetylenes is 1. The molecule has 0 saturated carbocycles. The molecule has 4 N–H and O–H groups in total. The predicted octanol–water partition coefficient (Wildman–Crippen LogP) is 0.548. The lowest BCUT2D eigenvalue weighted by molar-refractivity contribution is -0.149. The second-order valence-electron chi connectivity index (χ2n) is 8.63. The zero-order valence-corrected chi connectivity index (χ0v) is 22.3. The van der Waals surface area contributed by atoms with Crippen molar-refractivity contribution in [3.05, 3.63) is 63.2 Å². The first kappa shape index (κ1) is 29.7. The first-order valence-corrected chi connectivity index (χ1v) is 13.9. The van der Waals surface area contributed by atoms with Gasteiger partial charge in [-0.3, -0.25) is 19.1 Å². The Balaban J connectivity index is 1.85. The second-order valence-corrected chi connectivity index (χ2v) is 11.8. The number of carbonyl (C=O) groups excluding carboxylic acids is 1. The molecule has 0 amide bonds. The molecule has 15 heteroatoms. The highest BCUT2D eigenvalue weighted by Crippen LogP contribution is 2.47. The minimum Gasteiger partial charge on any atom is -0.462 e. The number of halogens is 1. The van der Waals surface area contributed by atoms with E-state index in [1.54, 1.807) is 13.8 Å². The molecule has 0 bridgehead atoms. The van der Waals surface area contributed by atoms with Crippen LogP contribution < -0.4 is 20.9 Å². The topological polar surface area (TPSA) is 161 Å². The molecule has 1 aliphatic heterocycles. The number of aromatic amines is 1. The van der Waals surface area contributed by atoms with Gasteiger partial charge in [0.05, 0.1) is 12.7 Å². The van der Waals surface area contributed by atoms with Crippen molar-refractivity contribution in [3.63, 3.8) is 0 Å². The quantitative estimate of drug-likeness (QED) is 0.179. The van der Waals surface area contributed by atoms with Crippen LogP contribution in [0.2, 0.25) is 0 Å². The summed E-state index contributed by atoms with van der Waals surface area (Å²) in [6, 6.07) is 4.89. The number of H-pyrrole nitrogens is 1. The first-order chi connectivity index (χ1) is 17.8. The van der Waals surface area contributed by atoms with Crippen molar-refractivity contribution in [2.24, 2.45) is 0 Å². The fourth-order valence-corrected chi connectivity index (χ4v) is 5.89. The lowest BCUT2D eigenvalue weighted by Crippen LogP contribution is -2.48. The summed E-state index contributed by atoms with van der Waals surface area (Å²) >= 11 is 5.56. The molecule has 0 radical (unpaired) electrons. The molecule has 3 rings (SSSR count). The third kappa shape index (κ3) is 6.75. The molecule has 1 fully saturated rings. The number of ether oxygens (including phenoxy) is 2. The van der Waals surface area contributed by atoms with Gasteiger partial charge >= 0.3 is 18.3 Å². The zero-order chi connectivity index (χ0) is 28.3. The summed E-state index contributed by atoms with van der Waals surface area (Å²) in [6.45, 7) is 0.665. The van der Waals surface area contributed by atoms with Crippen molar-refractivity contribution >= 4 is 24.4 Å². The van der Waals surface area contributed by atoms with E-state index in [1.807, 2.05) is 10.9 Å². The van der Waals surface area contributed by atoms with Gasteiger partial charge in [0.2, 0.25) is 0 Å². The maximum absolute atomic E-state index is 13.4. The maximum atomic E-state index is 13.4. The summed E-state index contributed by atoms with van der Waals surface area (Å²) < 4.78 is 36.6. The molecule has 1 aromatic heterocycles. The Bertz CT molecular complexity index is 1360. The van der Waals surface area contributed by atoms with Crippen molar-refractivity contribution in [1.82, 2.24) is 14.6 Å². The summed E-state index contributed by atoms with van der Waals surface area (Å²) in [5.74, 6) is 0.991. The third-order valence-corrected chi connectivity index (χ3v) is 7.82. The molecule has 2 aromatic rings. The van der Waals surface area contributed by atoms with E-state index in [0.717, 1.165) is 29.0 Å². The van der Waals surface area contributed by atoms with Crippen molar-refractivity contribution in [2.45, 2.75) is 57.0 Å². The number of nitrogens with zero attached hydrogens (tertiary/aromatic N) is 1. The van der Waals surface area contributed by atoms with Crippen LogP contribution in [0.25, 0.3) is 0 Å². The van der Waals surface area contributed by atoms with Crippen molar-refractivity contribution in [1.29, 1.82) is 0 Å². The summed E-state index contributed by atoms with van der Waals surface area (Å²) in [6.07, 6.45) is 1.41. The van der Waals surface area contributed by atoms with E-state index in [2.05, 4.69) is 5.09 Å². The largest absolute Gasteiger partial charge is 0.462 e. The molecule has 1 aromatic carbocycles. The molecular formula is C23H27FN3O9PS. The Morgan fingerprint density at radius 1 is 1.34 bits per heavy atom. The Morgan fingerprint density at radius 2 is 2.00 bits per heavy atom. The fourth-order valence-electron chi connectivity index (χ4n) is 3.47. The van der Waals surface area contributed by atoms with Crippen LogP contribution in [0.3, 0.4) is 0 Å². The summed E-state index contributed by atoms with van der Waals surface area (Å²) in [5.41, 5.74) is -4.02. The van der Waals surface area contributed by atoms with Gasteiger partial charge in [-0.05, 0) is 56.8 Å². The zero-order valence-electron chi connectivity index (χ0n) is 20.6. The Hall–Kier alpha value is -2.89. The monoisotopic (exact) mass is 571 g/mol. The number of benzene rings is 1. The van der Waals surface area contributed by atoms with Crippen LogP contribution in [-0.4, -0.2) is 62.3 Å². The lowest BCUT2D eigenvalue weighted by atomic mass is 9.95. The van der Waals surface area contributed by atoms with Crippen LogP contribution in [-0.2, 0) is 30.6 Å². The minimum atomic E-state index is -3.63. The van der Waals surface area contributed by atoms with Gasteiger partial charge in [0.25, 0.3) is 5.56 Å². The Kier molecular flexibility index (Phi) is 9.27. The number of hydrogen-bond acceptors (Lipinski definition) is 10. The molecular weight excluding hydrogens is 544 g/mol. The van der Waals surface area contributed by atoms with Gasteiger partial charge in [0.1, 0.15) is 29.8 Å². The molecule has 0 spiro atoms. The highest BCUT2D eigenvalue weighted by Gasteiger charge is 2.56. The molecule has 2 unspecified atom stereocenters. The molecule has 1 aliphatic rings. The van der Waals surface area contributed by atoms with Gasteiger partial charge in [-0.2, -0.15) is 0 Å². The van der Waals surface area contributed by atoms with Crippen LogP contribution in [0.4, 0.5) is 4.39 Å². The number of aliphatic hydroxyl groups excluding tert-OH is 1. The number of aliphatic hydroxyl groups is 2. The standard InChI is InChI=1S/C23H27FN3O9PS/c1-5-23(32)19(29)17(35-21(23)27-11-10-18(28)25-22(27)31)12-33-37(38,26-14(4)20(30)34-13(2)3)36-16-8-6-15(24)7-9-16/h1,6-11,13-14,17,19,21,29,32H,12H2,2-4H3,(H,26,38)(H,25,28,31)/t14?,17-,19-,21-,23-,37?/m1/s1. The molecule has 2 heterocycles. The molecule has 12 nitrogen and oxygen atoms in total. The van der Waals surface area contributed by atoms with Gasteiger partial charge in [0, 0.05) is 12.3 Å². The van der Waals surface area contributed by atoms with Crippen LogP contribution in [0.15, 0.2) is 46.1 Å². The third-order valence-electron chi connectivity index (χ3n) is 5.32. The highest BCUT2D eigenvalue weighted by atomic mass is 32.5. The SMILES string of the molecule is C#C[C@@]1(O)[C@H](O)[C@@H](COP(=S)(NC(C)C(=O)OC(C)C)Oc2ccc(F)cc2)O[C@H]1n1ccc(=O)[nH]c1=O. The average molecular weight is 572 g/mol. The fraction of sp³-hybridized carbons (Fsp3) is 0.435. The van der Waals surface area contributed by atoms with Crippen molar-refractivity contribution in [3.8, 4) is 18.1 Å². The number of nitrogens with one attached hydrogen (secondary N) is 2. The summed E-state index contributed by atoms with van der Waals surface area (Å²) in [4.78, 5) is 38.1. The highest BCUT2D eigenvalue weighted by molar-refractivity contribution is 8.09. The number of esters is 1. The van der Waals surface area contributed by atoms with E-state index in [9.17, 15) is 29.0 Å². The smallest absolute Gasteiger partial charge is 0.330 e. The number of aromatic nitrogens is 2. The van der Waals surface area contributed by atoms with Crippen molar-refractivity contribution < 1.29 is 37.9 Å². The van der Waals surface area contributed by atoms with Gasteiger partial charge in [-0.15, -0.1) is 6.42 Å². The van der Waals surface area contributed by atoms with Gasteiger partial charge in [-0.1, -0.05) is 5.92 Å². The predicted molar refractivity (Wildman–Crippen MR) is 136 cm³/mol. The second kappa shape index (κ2) is 11.9. The van der Waals surface area contributed by atoms with E-state index in [1.165, 1.54) is 19.1 Å². The van der Waals surface area contributed by atoms with E-state index in [-0.39, 0.29) is 5.75 Å². The number of hydrogen-bond donors (Lipinski definition) is 4. The van der Waals surface area contributed by atoms with Gasteiger partial charge in [0.15, 0.2) is 11.8 Å². The van der Waals surface area contributed by atoms with Crippen LogP contribution in [0, 0.1) is 18.2 Å². The lowest BCUT2D eigenvalue weighted by Gasteiger charge is -2.28. The Labute approximate surface area is 221 Å². The van der Waals surface area contributed by atoms with Gasteiger partial charge in [-0.25, -0.2) is 14.3 Å². The van der Waals surface area contributed by atoms with Crippen LogP contribution in [0.5, 0.6) is 5.75 Å². The molecule has 6 atom stereocenters. The summed E-state index contributed by atoms with van der Waals surface area (Å²) in [5, 5.41) is 24.5. The molecule has 1 saturated heterocycles. The van der Waals surface area contributed by atoms with Crippen LogP contribution in [0.1, 0.15) is 27.0 Å². The summed E-state index contributed by atoms with van der Waals surface area (Å²) in [7, 11) is 0. The number of carbonyl (C=O) groups is 1. The Morgan fingerprint density at radius 3 is 2.58 bits per heavy atom. The van der Waals surface area contributed by atoms with Crippen LogP contribution >= 0.6 is 6.64 Å².